The molecule has 0 saturated carbocycles. The van der Waals surface area contributed by atoms with Gasteiger partial charge in [0.25, 0.3) is 0 Å². The predicted molar refractivity (Wildman–Crippen MR) is 93.1 cm³/mol. The summed E-state index contributed by atoms with van der Waals surface area (Å²) in [5.74, 6) is 0.828. The number of nitrogens with one attached hydrogen (secondary N) is 1. The lowest BCUT2D eigenvalue weighted by molar-refractivity contribution is 0.214. The zero-order chi connectivity index (χ0) is 16.1. The molecule has 0 radical (unpaired) electrons. The largest absolute Gasteiger partial charge is 0.490 e. The molecular weight excluding hydrogens is 288 g/mol. The summed E-state index contributed by atoms with van der Waals surface area (Å²) in [5, 5.41) is 7.27. The van der Waals surface area contributed by atoms with Crippen molar-refractivity contribution >= 4 is 5.71 Å². The lowest BCUT2D eigenvalue weighted by Crippen LogP contribution is -2.05. The summed E-state index contributed by atoms with van der Waals surface area (Å²) in [6.45, 7) is 1.39. The minimum absolute atomic E-state index is 0.546. The highest BCUT2D eigenvalue weighted by Gasteiger charge is 2.25. The van der Waals surface area contributed by atoms with Crippen LogP contribution in [0.25, 0.3) is 11.1 Å². The number of benzene rings is 2. The topological polar surface area (TPSA) is 42.8 Å². The number of hydrogen-bond donors (Lipinski definition) is 1. The fraction of sp³-hybridized carbons (Fsp3) is 0.211. The minimum atomic E-state index is 0.546. The van der Waals surface area contributed by atoms with Gasteiger partial charge in [-0.05, 0) is 36.4 Å². The third kappa shape index (κ3) is 3.12. The molecule has 0 aromatic heterocycles. The molecule has 2 aromatic rings. The highest BCUT2D eigenvalue weighted by atomic mass is 16.6. The van der Waals surface area contributed by atoms with Crippen molar-refractivity contribution in [2.75, 3.05) is 27.3 Å². The molecule has 23 heavy (non-hydrogen) atoms. The van der Waals surface area contributed by atoms with Gasteiger partial charge in [-0.3, -0.25) is 0 Å². The molecular formula is C19H20N2O2. The van der Waals surface area contributed by atoms with Crippen LogP contribution in [-0.4, -0.2) is 33.0 Å². The van der Waals surface area contributed by atoms with Crippen LogP contribution in [0, 0.1) is 0 Å². The first-order chi connectivity index (χ1) is 11.3. The molecule has 0 unspecified atom stereocenters. The molecule has 1 N–H and O–H groups in total. The molecule has 0 amide bonds. The number of ether oxygens (including phenoxy) is 1. The number of rotatable bonds is 6. The summed E-state index contributed by atoms with van der Waals surface area (Å²) < 4.78 is 5.79. The molecule has 0 spiro atoms. The van der Waals surface area contributed by atoms with Gasteiger partial charge in [0.2, 0.25) is 0 Å². The second kappa shape index (κ2) is 7.11. The Morgan fingerprint density at radius 3 is 2.57 bits per heavy atom. The van der Waals surface area contributed by atoms with Gasteiger partial charge in [0, 0.05) is 17.7 Å². The second-order valence-electron chi connectivity index (χ2n) is 5.22. The van der Waals surface area contributed by atoms with Crippen LogP contribution in [0.1, 0.15) is 11.1 Å². The summed E-state index contributed by atoms with van der Waals surface area (Å²) in [7, 11) is 3.49. The second-order valence-corrected chi connectivity index (χ2v) is 5.22. The van der Waals surface area contributed by atoms with Crippen molar-refractivity contribution in [3.05, 3.63) is 65.7 Å². The minimum Gasteiger partial charge on any atom is -0.490 e. The smallest absolute Gasteiger partial charge is 0.120 e. The maximum absolute atomic E-state index is 5.79. The molecule has 4 nitrogen and oxygen atoms in total. The molecule has 3 rings (SSSR count). The average molecular weight is 308 g/mol. The fourth-order valence-electron chi connectivity index (χ4n) is 2.72. The lowest BCUT2D eigenvalue weighted by atomic mass is 10.1. The van der Waals surface area contributed by atoms with E-state index in [-0.39, 0.29) is 0 Å². The van der Waals surface area contributed by atoms with Crippen molar-refractivity contribution in [3.63, 3.8) is 0 Å². The molecule has 1 aliphatic rings. The Morgan fingerprint density at radius 1 is 1.00 bits per heavy atom. The number of likely N-dealkylation sites (N-methyl/N-ethyl adjacent to an activating group) is 1. The van der Waals surface area contributed by atoms with E-state index in [0.717, 1.165) is 34.7 Å². The quantitative estimate of drug-likeness (QED) is 0.561. The zero-order valence-corrected chi connectivity index (χ0v) is 13.4. The third-order valence-corrected chi connectivity index (χ3v) is 3.74. The van der Waals surface area contributed by atoms with Gasteiger partial charge in [-0.2, -0.15) is 0 Å². The van der Waals surface area contributed by atoms with Gasteiger partial charge < -0.3 is 14.9 Å². The molecule has 0 heterocycles. The van der Waals surface area contributed by atoms with Gasteiger partial charge in [0.15, 0.2) is 0 Å². The number of nitrogens with zero attached hydrogens (tertiary/aromatic N) is 1. The zero-order valence-electron chi connectivity index (χ0n) is 13.4. The van der Waals surface area contributed by atoms with Crippen LogP contribution < -0.4 is 10.1 Å². The molecule has 0 atom stereocenters. The highest BCUT2D eigenvalue weighted by molar-refractivity contribution is 6.24. The van der Waals surface area contributed by atoms with Gasteiger partial charge in [0.05, 0.1) is 0 Å². The van der Waals surface area contributed by atoms with Crippen molar-refractivity contribution < 1.29 is 9.57 Å². The summed E-state index contributed by atoms with van der Waals surface area (Å²) in [6.07, 6.45) is 4.05. The Hall–Kier alpha value is -2.59. The van der Waals surface area contributed by atoms with Gasteiger partial charge in [-0.25, -0.2) is 0 Å². The molecule has 1 aliphatic carbocycles. The van der Waals surface area contributed by atoms with E-state index < -0.39 is 0 Å². The van der Waals surface area contributed by atoms with E-state index in [1.165, 1.54) is 5.56 Å². The van der Waals surface area contributed by atoms with Crippen molar-refractivity contribution in [1.82, 2.24) is 5.32 Å². The Bertz CT molecular complexity index is 751. The highest BCUT2D eigenvalue weighted by Crippen LogP contribution is 2.38. The summed E-state index contributed by atoms with van der Waals surface area (Å²) in [4.78, 5) is 5.03. The van der Waals surface area contributed by atoms with Crippen LogP contribution in [0.15, 0.2) is 59.8 Å². The number of oxime groups is 1. The van der Waals surface area contributed by atoms with E-state index in [9.17, 15) is 0 Å². The van der Waals surface area contributed by atoms with Crippen molar-refractivity contribution in [2.24, 2.45) is 5.16 Å². The Morgan fingerprint density at radius 2 is 1.78 bits per heavy atom. The molecule has 4 heteroatoms. The monoisotopic (exact) mass is 308 g/mol. The first-order valence-electron chi connectivity index (χ1n) is 7.63. The molecule has 2 aromatic carbocycles. The van der Waals surface area contributed by atoms with E-state index in [1.807, 2.05) is 43.5 Å². The maximum Gasteiger partial charge on any atom is 0.120 e. The van der Waals surface area contributed by atoms with Gasteiger partial charge >= 0.3 is 0 Å². The molecule has 0 fully saturated rings. The number of fused-ring (bicyclic) bond motifs is 3. The summed E-state index contributed by atoms with van der Waals surface area (Å²) in [6, 6.07) is 14.3. The van der Waals surface area contributed by atoms with Crippen molar-refractivity contribution in [2.45, 2.75) is 0 Å². The van der Waals surface area contributed by atoms with Gasteiger partial charge in [-0.15, -0.1) is 0 Å². The van der Waals surface area contributed by atoms with Crippen LogP contribution in [0.2, 0.25) is 0 Å². The average Bonchev–Trinajstić information content (AvgIpc) is 2.89. The van der Waals surface area contributed by atoms with Crippen LogP contribution in [0.3, 0.4) is 0 Å². The van der Waals surface area contributed by atoms with Crippen LogP contribution in [-0.2, 0) is 4.84 Å². The van der Waals surface area contributed by atoms with E-state index in [4.69, 9.17) is 9.57 Å². The lowest BCUT2D eigenvalue weighted by Gasteiger charge is -2.06. The Labute approximate surface area is 136 Å². The standard InChI is InChI=1S/C19H20N2O2/c1-20-11-5-6-12-23-14-9-10-16-15-7-3-4-8-17(15)19(21-22-2)18(16)13-14/h3-10,13,20H,11-12H2,1-2H3/b6-5-,21-19-. The Kier molecular flexibility index (Phi) is 4.74. The van der Waals surface area contributed by atoms with Gasteiger partial charge in [0.1, 0.15) is 25.2 Å². The van der Waals surface area contributed by atoms with Crippen molar-refractivity contribution in [3.8, 4) is 16.9 Å². The SMILES string of the molecule is CNC/C=C\COc1ccc2c(c1)/C(=N\OC)c1ccccc1-2. The Balaban J connectivity index is 1.87. The molecule has 0 bridgehead atoms. The van der Waals surface area contributed by atoms with Crippen LogP contribution >= 0.6 is 0 Å². The van der Waals surface area contributed by atoms with Crippen LogP contribution in [0.5, 0.6) is 5.75 Å². The summed E-state index contributed by atoms with van der Waals surface area (Å²) >= 11 is 0. The van der Waals surface area contributed by atoms with Crippen LogP contribution in [0.4, 0.5) is 0 Å². The maximum atomic E-state index is 5.79. The molecule has 0 aliphatic heterocycles. The van der Waals surface area contributed by atoms with E-state index >= 15 is 0 Å². The first kappa shape index (κ1) is 15.3. The first-order valence-corrected chi connectivity index (χ1v) is 7.63. The van der Waals surface area contributed by atoms with Crippen molar-refractivity contribution in [1.29, 1.82) is 0 Å². The van der Waals surface area contributed by atoms with E-state index in [0.29, 0.717) is 6.61 Å². The van der Waals surface area contributed by atoms with E-state index in [2.05, 4.69) is 28.7 Å². The van der Waals surface area contributed by atoms with E-state index in [1.54, 1.807) is 7.11 Å². The predicted octanol–water partition coefficient (Wildman–Crippen LogP) is 3.22. The number of hydrogen-bond acceptors (Lipinski definition) is 4. The van der Waals surface area contributed by atoms with Gasteiger partial charge in [-0.1, -0.05) is 41.6 Å². The normalized spacial score (nSPS) is 14.1. The third-order valence-electron chi connectivity index (χ3n) is 3.74. The summed E-state index contributed by atoms with van der Waals surface area (Å²) in [5.41, 5.74) is 5.34. The molecule has 118 valence electrons. The fourth-order valence-corrected chi connectivity index (χ4v) is 2.72. The molecule has 0 saturated heterocycles.